The summed E-state index contributed by atoms with van der Waals surface area (Å²) in [5.74, 6) is 1.55. The number of morpholine rings is 1. The Bertz CT molecular complexity index is 1540. The Morgan fingerprint density at radius 1 is 1.00 bits per heavy atom. The molecule has 0 saturated carbocycles. The van der Waals surface area contributed by atoms with Crippen LogP contribution in [0, 0.1) is 0 Å². The van der Waals surface area contributed by atoms with E-state index in [9.17, 15) is 4.79 Å². The first-order valence-corrected chi connectivity index (χ1v) is 12.1. The first-order valence-electron chi connectivity index (χ1n) is 12.1. The van der Waals surface area contributed by atoms with Crippen LogP contribution in [0.4, 0.5) is 22.1 Å². The van der Waals surface area contributed by atoms with Crippen molar-refractivity contribution in [3.8, 4) is 22.5 Å². The number of carbonyl (C=O) groups is 1. The second-order valence-electron chi connectivity index (χ2n) is 8.81. The third kappa shape index (κ3) is 4.74. The Balaban J connectivity index is 1.15. The zero-order valence-electron chi connectivity index (χ0n) is 20.3. The Morgan fingerprint density at radius 3 is 2.62 bits per heavy atom. The van der Waals surface area contributed by atoms with Crippen LogP contribution in [0.25, 0.3) is 33.4 Å². The predicted octanol–water partition coefficient (Wildman–Crippen LogP) is 4.51. The summed E-state index contributed by atoms with van der Waals surface area (Å²) in [6, 6.07) is 17.1. The van der Waals surface area contributed by atoms with Gasteiger partial charge in [0.1, 0.15) is 11.6 Å². The highest BCUT2D eigenvalue weighted by Gasteiger charge is 2.17. The van der Waals surface area contributed by atoms with Gasteiger partial charge in [-0.05, 0) is 42.0 Å². The molecule has 1 saturated heterocycles. The summed E-state index contributed by atoms with van der Waals surface area (Å²) in [6.45, 7) is 3.09. The van der Waals surface area contributed by atoms with Gasteiger partial charge in [-0.2, -0.15) is 5.10 Å². The molecule has 0 bridgehead atoms. The summed E-state index contributed by atoms with van der Waals surface area (Å²) in [4.78, 5) is 27.1. The third-order valence-electron chi connectivity index (χ3n) is 6.37. The summed E-state index contributed by atoms with van der Waals surface area (Å²) in [6.07, 6.45) is 5.28. The average Bonchev–Trinajstić information content (AvgIpc) is 3.53. The number of urea groups is 1. The lowest BCUT2D eigenvalue weighted by atomic mass is 10.1. The largest absolute Gasteiger partial charge is 0.378 e. The van der Waals surface area contributed by atoms with Crippen LogP contribution in [0.2, 0.25) is 0 Å². The number of rotatable bonds is 5. The van der Waals surface area contributed by atoms with Crippen LogP contribution in [0.5, 0.6) is 0 Å². The van der Waals surface area contributed by atoms with Crippen molar-refractivity contribution in [3.05, 3.63) is 73.2 Å². The monoisotopic (exact) mass is 494 g/mol. The van der Waals surface area contributed by atoms with Crippen LogP contribution in [-0.4, -0.2) is 57.1 Å². The Kier molecular flexibility index (Phi) is 5.99. The minimum absolute atomic E-state index is 0.347. The van der Waals surface area contributed by atoms with Crippen LogP contribution < -0.4 is 15.5 Å². The van der Waals surface area contributed by atoms with E-state index in [1.165, 1.54) is 0 Å². The van der Waals surface area contributed by atoms with E-state index in [2.05, 4.69) is 41.7 Å². The first-order chi connectivity index (χ1) is 18.1. The van der Waals surface area contributed by atoms with Gasteiger partial charge >= 0.3 is 6.03 Å². The van der Waals surface area contributed by atoms with Gasteiger partial charge in [0.25, 0.3) is 0 Å². The van der Waals surface area contributed by atoms with Crippen molar-refractivity contribution in [3.63, 3.8) is 0 Å². The molecule has 2 amide bonds. The summed E-state index contributed by atoms with van der Waals surface area (Å²) in [7, 11) is 1.78. The maximum absolute atomic E-state index is 12.6. The normalized spacial score (nSPS) is 13.6. The Labute approximate surface area is 213 Å². The number of H-pyrrole nitrogens is 1. The molecule has 5 heterocycles. The minimum atomic E-state index is -0.347. The number of nitrogens with one attached hydrogen (secondary N) is 3. The molecule has 6 rings (SSSR count). The van der Waals surface area contributed by atoms with Crippen molar-refractivity contribution in [1.82, 2.24) is 24.7 Å². The summed E-state index contributed by atoms with van der Waals surface area (Å²) in [5.41, 5.74) is 5.35. The zero-order chi connectivity index (χ0) is 25.2. The van der Waals surface area contributed by atoms with E-state index in [0.29, 0.717) is 24.7 Å². The van der Waals surface area contributed by atoms with E-state index in [1.807, 2.05) is 54.7 Å². The van der Waals surface area contributed by atoms with Crippen molar-refractivity contribution in [2.24, 2.45) is 7.05 Å². The molecule has 37 heavy (non-hydrogen) atoms. The summed E-state index contributed by atoms with van der Waals surface area (Å²) in [5, 5.41) is 11.3. The van der Waals surface area contributed by atoms with Gasteiger partial charge in [0.05, 0.1) is 24.4 Å². The van der Waals surface area contributed by atoms with Gasteiger partial charge < -0.3 is 19.9 Å². The number of pyridine rings is 2. The van der Waals surface area contributed by atoms with Gasteiger partial charge in [0, 0.05) is 67.1 Å². The van der Waals surface area contributed by atoms with E-state index >= 15 is 0 Å². The molecule has 4 aromatic heterocycles. The van der Waals surface area contributed by atoms with Gasteiger partial charge in [0.2, 0.25) is 0 Å². The topological polar surface area (TPSA) is 113 Å². The van der Waals surface area contributed by atoms with Crippen molar-refractivity contribution >= 4 is 34.3 Å². The van der Waals surface area contributed by atoms with Crippen molar-refractivity contribution in [1.29, 1.82) is 0 Å². The van der Waals surface area contributed by atoms with Crippen LogP contribution in [-0.2, 0) is 11.8 Å². The highest BCUT2D eigenvalue weighted by Crippen LogP contribution is 2.31. The average molecular weight is 495 g/mol. The zero-order valence-corrected chi connectivity index (χ0v) is 20.3. The van der Waals surface area contributed by atoms with Crippen LogP contribution >= 0.6 is 0 Å². The smallest absolute Gasteiger partial charge is 0.324 e. The number of fused-ring (bicyclic) bond motifs is 1. The molecule has 186 valence electrons. The fraction of sp³-hybridized carbons (Fsp3) is 0.185. The Hall–Kier alpha value is -4.70. The fourth-order valence-corrected chi connectivity index (χ4v) is 4.47. The van der Waals surface area contributed by atoms with Crippen molar-refractivity contribution < 1.29 is 9.53 Å². The molecule has 3 N–H and O–H groups in total. The number of hydrogen-bond donors (Lipinski definition) is 3. The van der Waals surface area contributed by atoms with E-state index < -0.39 is 0 Å². The Morgan fingerprint density at radius 2 is 1.84 bits per heavy atom. The van der Waals surface area contributed by atoms with Gasteiger partial charge in [-0.3, -0.25) is 15.0 Å². The van der Waals surface area contributed by atoms with Gasteiger partial charge in [-0.25, -0.2) is 9.78 Å². The highest BCUT2D eigenvalue weighted by molar-refractivity contribution is 6.00. The van der Waals surface area contributed by atoms with E-state index in [4.69, 9.17) is 4.74 Å². The van der Waals surface area contributed by atoms with Gasteiger partial charge in [-0.1, -0.05) is 12.1 Å². The number of hydrogen-bond acceptors (Lipinski definition) is 6. The van der Waals surface area contributed by atoms with Gasteiger partial charge in [-0.15, -0.1) is 0 Å². The number of anilines is 3. The second kappa shape index (κ2) is 9.75. The molecular weight excluding hydrogens is 468 g/mol. The molecule has 1 fully saturated rings. The molecule has 5 aromatic rings. The number of ether oxygens (including phenoxy) is 1. The fourth-order valence-electron chi connectivity index (χ4n) is 4.47. The van der Waals surface area contributed by atoms with E-state index in [0.717, 1.165) is 52.3 Å². The van der Waals surface area contributed by atoms with Crippen molar-refractivity contribution in [2.75, 3.05) is 41.8 Å². The molecule has 0 atom stereocenters. The SMILES string of the molecule is Cn1nc(-c2cccnc2)cc1NC(=O)Nc1ccc(-c2cc3c(N4CCOCC4)nccc3[nH]2)cc1. The number of nitrogens with zero attached hydrogens (tertiary/aromatic N) is 5. The number of aromatic amines is 1. The lowest BCUT2D eigenvalue weighted by Gasteiger charge is -2.28. The van der Waals surface area contributed by atoms with Crippen molar-refractivity contribution in [2.45, 2.75) is 0 Å². The van der Waals surface area contributed by atoms with Gasteiger partial charge in [0.15, 0.2) is 0 Å². The molecule has 0 spiro atoms. The molecule has 10 nitrogen and oxygen atoms in total. The van der Waals surface area contributed by atoms with E-state index in [1.54, 1.807) is 24.1 Å². The van der Waals surface area contributed by atoms with Crippen LogP contribution in [0.15, 0.2) is 73.2 Å². The summed E-state index contributed by atoms with van der Waals surface area (Å²) >= 11 is 0. The van der Waals surface area contributed by atoms with Crippen LogP contribution in [0.1, 0.15) is 0 Å². The quantitative estimate of drug-likeness (QED) is 0.331. The standard InChI is InChI=1S/C27H26N8O2/c1-34-25(16-24(33-34)19-3-2-9-28-17-19)32-27(36)30-20-6-4-18(5-7-20)23-15-21-22(31-23)8-10-29-26(21)35-11-13-37-14-12-35/h2-10,15-17,31H,11-14H2,1H3,(H2,30,32,36). The molecule has 1 aliphatic heterocycles. The molecule has 10 heteroatoms. The molecule has 0 aliphatic carbocycles. The maximum Gasteiger partial charge on any atom is 0.324 e. The number of aryl methyl sites for hydroxylation is 1. The highest BCUT2D eigenvalue weighted by atomic mass is 16.5. The maximum atomic E-state index is 12.6. The number of carbonyl (C=O) groups excluding carboxylic acids is 1. The predicted molar refractivity (Wildman–Crippen MR) is 144 cm³/mol. The number of benzene rings is 1. The molecule has 1 aromatic carbocycles. The second-order valence-corrected chi connectivity index (χ2v) is 8.81. The summed E-state index contributed by atoms with van der Waals surface area (Å²) < 4.78 is 7.11. The van der Waals surface area contributed by atoms with E-state index in [-0.39, 0.29) is 6.03 Å². The lowest BCUT2D eigenvalue weighted by Crippen LogP contribution is -2.36. The van der Waals surface area contributed by atoms with Crippen LogP contribution in [0.3, 0.4) is 0 Å². The number of aromatic nitrogens is 5. The molecular formula is C27H26N8O2. The third-order valence-corrected chi connectivity index (χ3v) is 6.37. The minimum Gasteiger partial charge on any atom is -0.378 e. The molecule has 0 unspecified atom stereocenters. The molecule has 1 aliphatic rings. The first kappa shape index (κ1) is 22.7. The number of amides is 2. The molecule has 0 radical (unpaired) electrons. The lowest BCUT2D eigenvalue weighted by molar-refractivity contribution is 0.122.